The highest BCUT2D eigenvalue weighted by atomic mass is 35.5. The molecule has 2 bridgehead atoms. The van der Waals surface area contributed by atoms with Gasteiger partial charge in [-0.2, -0.15) is 0 Å². The first-order valence-electron chi connectivity index (χ1n) is 12.9. The monoisotopic (exact) mass is 552 g/mol. The summed E-state index contributed by atoms with van der Waals surface area (Å²) < 4.78 is 5.36. The number of aliphatic hydroxyl groups excluding tert-OH is 3. The SMILES string of the molecule is C/C1=C\CC[C@H](CO)[C@@H](OC(N)=O)/C(C)=C/[C@H](C)[C@@H](O)[C@@H](CO)C[C@H](C)Cc2cc(Cl)cc(c2O)NC1=O. The number of carbonyl (C=O) groups is 2. The topological polar surface area (TPSA) is 162 Å². The van der Waals surface area contributed by atoms with Gasteiger partial charge in [-0.3, -0.25) is 4.79 Å². The van der Waals surface area contributed by atoms with Crippen LogP contribution in [0.3, 0.4) is 0 Å². The standard InChI is InChI=1S/C28H41ClN2O7/c1-15-8-20-11-22(29)12-23(25(20)35)31-27(36)16(2)6-5-7-19(13-32)26(38-28(30)37)18(4)10-17(3)24(34)21(9-15)14-33/h6,10-12,15,17,19,21,24,26,32-35H,5,7-9,13-14H2,1-4H3,(H2,30,37)(H,31,36)/b16-6+,18-10+/t15-,17+,19-,21-,24-,26+/m1/s1. The summed E-state index contributed by atoms with van der Waals surface area (Å²) in [7, 11) is 0. The fraction of sp³-hybridized carbons (Fsp3) is 0.571. The second-order valence-electron chi connectivity index (χ2n) is 10.4. The zero-order valence-electron chi connectivity index (χ0n) is 22.5. The number of benzene rings is 1. The Labute approximate surface area is 229 Å². The third-order valence-electron chi connectivity index (χ3n) is 7.16. The minimum Gasteiger partial charge on any atom is -0.505 e. The van der Waals surface area contributed by atoms with Gasteiger partial charge in [0.25, 0.3) is 5.91 Å². The molecule has 0 saturated carbocycles. The van der Waals surface area contributed by atoms with Crippen LogP contribution in [0.1, 0.15) is 52.5 Å². The molecule has 7 N–H and O–H groups in total. The van der Waals surface area contributed by atoms with Crippen LogP contribution in [0.2, 0.25) is 5.02 Å². The zero-order valence-corrected chi connectivity index (χ0v) is 23.2. The zero-order chi connectivity index (χ0) is 28.6. The summed E-state index contributed by atoms with van der Waals surface area (Å²) in [5.41, 5.74) is 7.06. The van der Waals surface area contributed by atoms with E-state index in [1.165, 1.54) is 6.07 Å². The van der Waals surface area contributed by atoms with Crippen molar-refractivity contribution < 1.29 is 34.8 Å². The number of hydrogen-bond acceptors (Lipinski definition) is 7. The Balaban J connectivity index is 2.52. The molecule has 0 saturated heterocycles. The number of primary amides is 1. The van der Waals surface area contributed by atoms with Gasteiger partial charge in [0, 0.05) is 41.6 Å². The number of aromatic hydroxyl groups is 1. The van der Waals surface area contributed by atoms with E-state index in [1.807, 2.05) is 6.92 Å². The molecule has 9 nitrogen and oxygen atoms in total. The van der Waals surface area contributed by atoms with Crippen molar-refractivity contribution in [3.63, 3.8) is 0 Å². The van der Waals surface area contributed by atoms with Crippen LogP contribution >= 0.6 is 11.6 Å². The Morgan fingerprint density at radius 2 is 1.84 bits per heavy atom. The third-order valence-corrected chi connectivity index (χ3v) is 7.38. The quantitative estimate of drug-likeness (QED) is 0.244. The molecule has 0 aliphatic carbocycles. The Morgan fingerprint density at radius 3 is 2.45 bits per heavy atom. The van der Waals surface area contributed by atoms with Gasteiger partial charge in [0.1, 0.15) is 11.9 Å². The number of phenols is 1. The van der Waals surface area contributed by atoms with E-state index in [1.54, 1.807) is 39.0 Å². The lowest BCUT2D eigenvalue weighted by Crippen LogP contribution is -2.34. The number of aliphatic hydroxyl groups is 3. The van der Waals surface area contributed by atoms with Crippen molar-refractivity contribution in [1.29, 1.82) is 0 Å². The molecule has 0 radical (unpaired) electrons. The third kappa shape index (κ3) is 8.73. The van der Waals surface area contributed by atoms with E-state index < -0.39 is 42.0 Å². The first-order chi connectivity index (χ1) is 17.9. The maximum absolute atomic E-state index is 12.8. The van der Waals surface area contributed by atoms with Crippen LogP contribution in [0.4, 0.5) is 10.5 Å². The minimum atomic E-state index is -0.985. The van der Waals surface area contributed by atoms with Crippen molar-refractivity contribution in [2.45, 2.75) is 65.6 Å². The van der Waals surface area contributed by atoms with Gasteiger partial charge in [-0.05, 0) is 68.7 Å². The van der Waals surface area contributed by atoms with E-state index in [9.17, 15) is 30.0 Å². The summed E-state index contributed by atoms with van der Waals surface area (Å²) in [5, 5.41) is 45.1. The summed E-state index contributed by atoms with van der Waals surface area (Å²) in [5.74, 6) is -1.94. The lowest BCUT2D eigenvalue weighted by molar-refractivity contribution is -0.112. The van der Waals surface area contributed by atoms with Crippen molar-refractivity contribution in [1.82, 2.24) is 0 Å². The molecule has 6 atom stereocenters. The fourth-order valence-corrected chi connectivity index (χ4v) is 5.33. The largest absolute Gasteiger partial charge is 0.505 e. The van der Waals surface area contributed by atoms with Crippen LogP contribution in [0.25, 0.3) is 0 Å². The van der Waals surface area contributed by atoms with Gasteiger partial charge in [-0.1, -0.05) is 37.6 Å². The van der Waals surface area contributed by atoms with E-state index in [4.69, 9.17) is 22.1 Å². The molecule has 1 aliphatic heterocycles. The van der Waals surface area contributed by atoms with Gasteiger partial charge < -0.3 is 36.2 Å². The van der Waals surface area contributed by atoms with Crippen LogP contribution in [0.5, 0.6) is 5.75 Å². The lowest BCUT2D eigenvalue weighted by atomic mass is 9.82. The molecule has 0 fully saturated rings. The molecular formula is C28H41ClN2O7. The van der Waals surface area contributed by atoms with Crippen molar-refractivity contribution >= 4 is 29.3 Å². The van der Waals surface area contributed by atoms with Gasteiger partial charge in [-0.15, -0.1) is 0 Å². The van der Waals surface area contributed by atoms with Crippen LogP contribution in [0.15, 0.2) is 35.4 Å². The van der Waals surface area contributed by atoms with Crippen LogP contribution < -0.4 is 11.1 Å². The molecule has 212 valence electrons. The summed E-state index contributed by atoms with van der Waals surface area (Å²) in [4.78, 5) is 24.5. The summed E-state index contributed by atoms with van der Waals surface area (Å²) in [6.07, 6.45) is 2.38. The van der Waals surface area contributed by atoms with Crippen LogP contribution in [-0.4, -0.2) is 57.8 Å². The smallest absolute Gasteiger partial charge is 0.405 e. The second kappa shape index (κ2) is 14.5. The highest BCUT2D eigenvalue weighted by molar-refractivity contribution is 6.31. The molecule has 10 heteroatoms. The average molecular weight is 553 g/mol. The summed E-state index contributed by atoms with van der Waals surface area (Å²) in [6, 6.07) is 3.12. The molecule has 1 aliphatic rings. The number of phenolic OH excluding ortho intramolecular Hbond substituents is 1. The van der Waals surface area contributed by atoms with E-state index in [-0.39, 0.29) is 30.6 Å². The van der Waals surface area contributed by atoms with E-state index in [0.29, 0.717) is 47.4 Å². The molecule has 2 amide bonds. The highest BCUT2D eigenvalue weighted by Crippen LogP contribution is 2.35. The van der Waals surface area contributed by atoms with Crippen molar-refractivity contribution in [3.8, 4) is 5.75 Å². The number of rotatable bonds is 3. The fourth-order valence-electron chi connectivity index (χ4n) is 5.09. The summed E-state index contributed by atoms with van der Waals surface area (Å²) >= 11 is 6.29. The molecule has 0 spiro atoms. The molecule has 1 aromatic carbocycles. The number of allylic oxidation sites excluding steroid dienone is 1. The van der Waals surface area contributed by atoms with Gasteiger partial charge in [0.05, 0.1) is 11.8 Å². The molecule has 0 aromatic heterocycles. The second-order valence-corrected chi connectivity index (χ2v) is 10.9. The van der Waals surface area contributed by atoms with Crippen molar-refractivity contribution in [2.75, 3.05) is 18.5 Å². The molecular weight excluding hydrogens is 512 g/mol. The number of carbonyl (C=O) groups excluding carboxylic acids is 2. The normalized spacial score (nSPS) is 30.9. The number of amides is 2. The van der Waals surface area contributed by atoms with Gasteiger partial charge >= 0.3 is 6.09 Å². The first-order valence-corrected chi connectivity index (χ1v) is 13.3. The van der Waals surface area contributed by atoms with Crippen molar-refractivity contribution in [2.24, 2.45) is 29.4 Å². The predicted molar refractivity (Wildman–Crippen MR) is 147 cm³/mol. The minimum absolute atomic E-state index is 0.0552. The lowest BCUT2D eigenvalue weighted by Gasteiger charge is -2.30. The van der Waals surface area contributed by atoms with Crippen LogP contribution in [0, 0.1) is 23.7 Å². The predicted octanol–water partition coefficient (Wildman–Crippen LogP) is 3.92. The molecule has 38 heavy (non-hydrogen) atoms. The number of nitrogens with two attached hydrogens (primary N) is 1. The molecule has 0 unspecified atom stereocenters. The van der Waals surface area contributed by atoms with E-state index >= 15 is 0 Å². The molecule has 1 heterocycles. The van der Waals surface area contributed by atoms with E-state index in [0.717, 1.165) is 0 Å². The highest BCUT2D eigenvalue weighted by Gasteiger charge is 2.29. The summed E-state index contributed by atoms with van der Waals surface area (Å²) in [6.45, 7) is 6.57. The maximum Gasteiger partial charge on any atom is 0.405 e. The van der Waals surface area contributed by atoms with Crippen molar-refractivity contribution in [3.05, 3.63) is 46.0 Å². The molecule has 1 aromatic rings. The Kier molecular flexibility index (Phi) is 12.1. The Morgan fingerprint density at radius 1 is 1.18 bits per heavy atom. The Bertz CT molecular complexity index is 1040. The van der Waals surface area contributed by atoms with Gasteiger partial charge in [-0.25, -0.2) is 4.79 Å². The number of ether oxygens (including phenoxy) is 1. The van der Waals surface area contributed by atoms with Gasteiger partial charge in [0.2, 0.25) is 0 Å². The van der Waals surface area contributed by atoms with Gasteiger partial charge in [0.15, 0.2) is 0 Å². The maximum atomic E-state index is 12.8. The first kappa shape index (κ1) is 31.6. The number of nitrogens with one attached hydrogen (secondary N) is 1. The molecule has 2 rings (SSSR count). The van der Waals surface area contributed by atoms with E-state index in [2.05, 4.69) is 5.32 Å². The average Bonchev–Trinajstić information content (AvgIpc) is 2.85. The number of fused-ring (bicyclic) bond motifs is 2. The number of hydrogen-bond donors (Lipinski definition) is 6. The Hall–Kier alpha value is -2.59. The number of anilines is 1. The van der Waals surface area contributed by atoms with Crippen LogP contribution in [-0.2, 0) is 16.0 Å². The number of halogens is 1.